The van der Waals surface area contributed by atoms with Crippen LogP contribution < -0.4 is 5.32 Å². The standard InChI is InChI=1S/C17H10BrClN4O2/c18-16-7-6-15(25-16)17(24)20-11-4-5-13-14(9-11)22-23(21-13)12-3-1-2-10(19)8-12/h1-9H,(H,20,24). The van der Waals surface area contributed by atoms with Gasteiger partial charge in [-0.1, -0.05) is 17.7 Å². The van der Waals surface area contributed by atoms with Gasteiger partial charge in [0.05, 0.1) is 5.69 Å². The van der Waals surface area contributed by atoms with Gasteiger partial charge in [-0.2, -0.15) is 4.80 Å². The molecule has 0 bridgehead atoms. The van der Waals surface area contributed by atoms with Crippen LogP contribution in [0, 0.1) is 0 Å². The minimum absolute atomic E-state index is 0.217. The van der Waals surface area contributed by atoms with Crippen LogP contribution in [-0.4, -0.2) is 20.9 Å². The molecule has 124 valence electrons. The van der Waals surface area contributed by atoms with Crippen molar-refractivity contribution in [2.75, 3.05) is 5.32 Å². The molecule has 1 N–H and O–H groups in total. The number of furan rings is 1. The Labute approximate surface area is 155 Å². The normalized spacial score (nSPS) is 11.0. The highest BCUT2D eigenvalue weighted by Crippen LogP contribution is 2.20. The number of carbonyl (C=O) groups is 1. The summed E-state index contributed by atoms with van der Waals surface area (Å²) in [5.41, 5.74) is 2.72. The fourth-order valence-electron chi connectivity index (χ4n) is 2.34. The molecule has 0 aliphatic heterocycles. The van der Waals surface area contributed by atoms with E-state index in [1.165, 1.54) is 4.80 Å². The highest BCUT2D eigenvalue weighted by Gasteiger charge is 2.12. The summed E-state index contributed by atoms with van der Waals surface area (Å²) in [6.45, 7) is 0. The molecule has 0 radical (unpaired) electrons. The summed E-state index contributed by atoms with van der Waals surface area (Å²) in [7, 11) is 0. The van der Waals surface area contributed by atoms with Gasteiger partial charge in [-0.25, -0.2) is 0 Å². The lowest BCUT2D eigenvalue weighted by Gasteiger charge is -2.02. The zero-order valence-corrected chi connectivity index (χ0v) is 15.0. The molecule has 0 aliphatic carbocycles. The quantitative estimate of drug-likeness (QED) is 0.525. The minimum atomic E-state index is -0.340. The third-order valence-electron chi connectivity index (χ3n) is 3.47. The first-order chi connectivity index (χ1) is 12.1. The number of fused-ring (bicyclic) bond motifs is 1. The summed E-state index contributed by atoms with van der Waals surface area (Å²) >= 11 is 9.18. The van der Waals surface area contributed by atoms with Gasteiger partial charge in [-0.05, 0) is 64.5 Å². The van der Waals surface area contributed by atoms with Gasteiger partial charge in [-0.3, -0.25) is 4.79 Å². The van der Waals surface area contributed by atoms with Crippen LogP contribution in [0.25, 0.3) is 16.7 Å². The second-order valence-corrected chi connectivity index (χ2v) is 6.45. The lowest BCUT2D eigenvalue weighted by molar-refractivity contribution is 0.0995. The van der Waals surface area contributed by atoms with E-state index in [4.69, 9.17) is 16.0 Å². The predicted molar refractivity (Wildman–Crippen MR) is 98.2 cm³/mol. The zero-order chi connectivity index (χ0) is 17.4. The van der Waals surface area contributed by atoms with Crippen molar-refractivity contribution in [2.45, 2.75) is 0 Å². The Kier molecular flexibility index (Phi) is 4.03. The number of nitrogens with one attached hydrogen (secondary N) is 1. The molecule has 25 heavy (non-hydrogen) atoms. The van der Waals surface area contributed by atoms with Gasteiger partial charge in [0.1, 0.15) is 11.0 Å². The molecule has 4 rings (SSSR count). The number of hydrogen-bond acceptors (Lipinski definition) is 4. The predicted octanol–water partition coefficient (Wildman–Crippen LogP) is 4.68. The molecule has 6 nitrogen and oxygen atoms in total. The van der Waals surface area contributed by atoms with Crippen molar-refractivity contribution in [1.82, 2.24) is 15.0 Å². The SMILES string of the molecule is O=C(Nc1ccc2nn(-c3cccc(Cl)c3)nc2c1)c1ccc(Br)o1. The van der Waals surface area contributed by atoms with Crippen molar-refractivity contribution in [1.29, 1.82) is 0 Å². The van der Waals surface area contributed by atoms with Crippen molar-refractivity contribution in [3.63, 3.8) is 0 Å². The van der Waals surface area contributed by atoms with E-state index in [0.29, 0.717) is 26.4 Å². The van der Waals surface area contributed by atoms with E-state index in [2.05, 4.69) is 31.4 Å². The van der Waals surface area contributed by atoms with E-state index in [0.717, 1.165) is 5.69 Å². The van der Waals surface area contributed by atoms with Crippen LogP contribution in [0.4, 0.5) is 5.69 Å². The first-order valence-corrected chi connectivity index (χ1v) is 8.45. The molecule has 0 saturated heterocycles. The maximum atomic E-state index is 12.1. The second-order valence-electron chi connectivity index (χ2n) is 5.23. The average Bonchev–Trinajstić information content (AvgIpc) is 3.20. The fraction of sp³-hybridized carbons (Fsp3) is 0. The Bertz CT molecular complexity index is 1090. The molecule has 0 saturated carbocycles. The number of benzene rings is 2. The van der Waals surface area contributed by atoms with Gasteiger partial charge in [0.25, 0.3) is 5.91 Å². The molecule has 8 heteroatoms. The first kappa shape index (κ1) is 15.9. The molecule has 1 amide bonds. The van der Waals surface area contributed by atoms with Crippen molar-refractivity contribution in [3.8, 4) is 5.69 Å². The maximum Gasteiger partial charge on any atom is 0.291 e. The van der Waals surface area contributed by atoms with Gasteiger partial charge in [0.2, 0.25) is 0 Å². The average molecular weight is 418 g/mol. The topological polar surface area (TPSA) is 73.0 Å². The van der Waals surface area contributed by atoms with Crippen LogP contribution in [0.2, 0.25) is 5.02 Å². The van der Waals surface area contributed by atoms with Crippen LogP contribution in [0.1, 0.15) is 10.6 Å². The Morgan fingerprint density at radius 1 is 1.08 bits per heavy atom. The third kappa shape index (κ3) is 3.29. The summed E-state index contributed by atoms with van der Waals surface area (Å²) in [5, 5.41) is 12.2. The molecule has 4 aromatic rings. The highest BCUT2D eigenvalue weighted by atomic mass is 79.9. The van der Waals surface area contributed by atoms with Gasteiger partial charge >= 0.3 is 0 Å². The highest BCUT2D eigenvalue weighted by molar-refractivity contribution is 9.10. The summed E-state index contributed by atoms with van der Waals surface area (Å²) < 4.78 is 5.74. The van der Waals surface area contributed by atoms with Gasteiger partial charge in [-0.15, -0.1) is 10.2 Å². The van der Waals surface area contributed by atoms with Crippen molar-refractivity contribution in [2.24, 2.45) is 0 Å². The summed E-state index contributed by atoms with van der Waals surface area (Å²) in [4.78, 5) is 13.7. The van der Waals surface area contributed by atoms with Crippen LogP contribution in [-0.2, 0) is 0 Å². The fourth-order valence-corrected chi connectivity index (χ4v) is 2.83. The Balaban J connectivity index is 1.63. The minimum Gasteiger partial charge on any atom is -0.444 e. The lowest BCUT2D eigenvalue weighted by atomic mass is 10.2. The molecule has 0 atom stereocenters. The number of hydrogen-bond donors (Lipinski definition) is 1. The molecular weight excluding hydrogens is 408 g/mol. The van der Waals surface area contributed by atoms with E-state index in [-0.39, 0.29) is 11.7 Å². The zero-order valence-electron chi connectivity index (χ0n) is 12.6. The van der Waals surface area contributed by atoms with Gasteiger partial charge in [0.15, 0.2) is 10.4 Å². The van der Waals surface area contributed by atoms with E-state index in [1.807, 2.05) is 12.1 Å². The Morgan fingerprint density at radius 3 is 2.68 bits per heavy atom. The van der Waals surface area contributed by atoms with Crippen LogP contribution in [0.3, 0.4) is 0 Å². The summed E-state index contributed by atoms with van der Waals surface area (Å²) in [6.07, 6.45) is 0. The molecule has 0 unspecified atom stereocenters. The lowest BCUT2D eigenvalue weighted by Crippen LogP contribution is -2.10. The van der Waals surface area contributed by atoms with E-state index < -0.39 is 0 Å². The molecular formula is C17H10BrClN4O2. The summed E-state index contributed by atoms with van der Waals surface area (Å²) in [6, 6.07) is 15.8. The molecule has 0 aliphatic rings. The first-order valence-electron chi connectivity index (χ1n) is 7.28. The molecule has 0 spiro atoms. The van der Waals surface area contributed by atoms with Crippen molar-refractivity contribution >= 4 is 50.2 Å². The second kappa shape index (κ2) is 6.34. The number of halogens is 2. The third-order valence-corrected chi connectivity index (χ3v) is 4.14. The monoisotopic (exact) mass is 416 g/mol. The smallest absolute Gasteiger partial charge is 0.291 e. The number of amides is 1. The number of aromatic nitrogens is 3. The van der Waals surface area contributed by atoms with Gasteiger partial charge < -0.3 is 9.73 Å². The Morgan fingerprint density at radius 2 is 1.92 bits per heavy atom. The van der Waals surface area contributed by atoms with E-state index in [1.54, 1.807) is 42.5 Å². The molecule has 0 fully saturated rings. The summed E-state index contributed by atoms with van der Waals surface area (Å²) in [5.74, 6) is -0.123. The van der Waals surface area contributed by atoms with E-state index >= 15 is 0 Å². The van der Waals surface area contributed by atoms with Crippen LogP contribution in [0.5, 0.6) is 0 Å². The number of anilines is 1. The molecule has 2 heterocycles. The molecule has 2 aromatic heterocycles. The number of carbonyl (C=O) groups excluding carboxylic acids is 1. The number of nitrogens with zero attached hydrogens (tertiary/aromatic N) is 3. The van der Waals surface area contributed by atoms with Crippen molar-refractivity contribution < 1.29 is 9.21 Å². The Hall–Kier alpha value is -2.64. The maximum absolute atomic E-state index is 12.1. The van der Waals surface area contributed by atoms with Crippen LogP contribution >= 0.6 is 27.5 Å². The number of rotatable bonds is 3. The van der Waals surface area contributed by atoms with E-state index in [9.17, 15) is 4.79 Å². The van der Waals surface area contributed by atoms with Gasteiger partial charge in [0, 0.05) is 10.7 Å². The molecule has 2 aromatic carbocycles. The largest absolute Gasteiger partial charge is 0.444 e. The van der Waals surface area contributed by atoms with Crippen LogP contribution in [0.15, 0.2) is 63.7 Å². The van der Waals surface area contributed by atoms with Crippen molar-refractivity contribution in [3.05, 3.63) is 70.0 Å².